The van der Waals surface area contributed by atoms with Crippen molar-refractivity contribution in [1.82, 2.24) is 4.98 Å². The van der Waals surface area contributed by atoms with Crippen molar-refractivity contribution in [1.29, 1.82) is 0 Å². The molecule has 0 saturated carbocycles. The Morgan fingerprint density at radius 3 is 2.73 bits per heavy atom. The van der Waals surface area contributed by atoms with Gasteiger partial charge in [-0.3, -0.25) is 4.98 Å². The smallest absolute Gasteiger partial charge is 0.363 e. The minimum Gasteiger partial charge on any atom is -0.454 e. The number of carbonyl (C=O) groups is 1. The van der Waals surface area contributed by atoms with Crippen LogP contribution in [0.4, 0.5) is 0 Å². The molecule has 0 atom stereocenters. The van der Waals surface area contributed by atoms with E-state index in [1.165, 1.54) is 0 Å². The Bertz CT molecular complexity index is 812. The number of cyclic esters (lactones) is 1. The molecule has 2 aromatic rings. The van der Waals surface area contributed by atoms with Gasteiger partial charge >= 0.3 is 5.97 Å². The third-order valence-corrected chi connectivity index (χ3v) is 3.25. The van der Waals surface area contributed by atoms with Crippen LogP contribution in [0, 0.1) is 0 Å². The number of rotatable bonds is 2. The van der Waals surface area contributed by atoms with Crippen LogP contribution in [-0.4, -0.2) is 23.6 Å². The van der Waals surface area contributed by atoms with Crippen LogP contribution < -0.4 is 9.47 Å². The zero-order chi connectivity index (χ0) is 14.9. The van der Waals surface area contributed by atoms with E-state index in [2.05, 4.69) is 9.98 Å². The van der Waals surface area contributed by atoms with Crippen LogP contribution in [0.1, 0.15) is 11.1 Å². The third-order valence-electron chi connectivity index (χ3n) is 3.25. The SMILES string of the molecule is O=C1OC(c2ccncc2)=N/C1=C/c1ccc2c(c1)OCO2. The van der Waals surface area contributed by atoms with Crippen molar-refractivity contribution >= 4 is 17.9 Å². The molecule has 0 unspecified atom stereocenters. The molecular formula is C16H10N2O4. The zero-order valence-electron chi connectivity index (χ0n) is 11.4. The first-order chi connectivity index (χ1) is 10.8. The van der Waals surface area contributed by atoms with Crippen LogP contribution in [0.15, 0.2) is 53.4 Å². The van der Waals surface area contributed by atoms with Crippen molar-refractivity contribution in [2.45, 2.75) is 0 Å². The summed E-state index contributed by atoms with van der Waals surface area (Å²) in [6, 6.07) is 8.88. The van der Waals surface area contributed by atoms with Crippen molar-refractivity contribution in [2.75, 3.05) is 6.79 Å². The quantitative estimate of drug-likeness (QED) is 0.627. The highest BCUT2D eigenvalue weighted by molar-refractivity contribution is 6.12. The molecule has 108 valence electrons. The number of benzene rings is 1. The first kappa shape index (κ1) is 12.6. The summed E-state index contributed by atoms with van der Waals surface area (Å²) in [5.41, 5.74) is 1.74. The monoisotopic (exact) mass is 294 g/mol. The highest BCUT2D eigenvalue weighted by Gasteiger charge is 2.24. The maximum atomic E-state index is 11.9. The van der Waals surface area contributed by atoms with Crippen molar-refractivity contribution in [3.8, 4) is 11.5 Å². The zero-order valence-corrected chi connectivity index (χ0v) is 11.4. The molecule has 1 aromatic heterocycles. The molecule has 3 heterocycles. The van der Waals surface area contributed by atoms with Crippen molar-refractivity contribution in [2.24, 2.45) is 4.99 Å². The molecule has 0 bridgehead atoms. The summed E-state index contributed by atoms with van der Waals surface area (Å²) in [7, 11) is 0. The summed E-state index contributed by atoms with van der Waals surface area (Å²) < 4.78 is 15.7. The van der Waals surface area contributed by atoms with Gasteiger partial charge in [-0.05, 0) is 35.9 Å². The van der Waals surface area contributed by atoms with E-state index in [-0.39, 0.29) is 18.4 Å². The lowest BCUT2D eigenvalue weighted by Crippen LogP contribution is -2.05. The summed E-state index contributed by atoms with van der Waals surface area (Å²) in [6.45, 7) is 0.210. The molecule has 6 heteroatoms. The summed E-state index contributed by atoms with van der Waals surface area (Å²) in [4.78, 5) is 20.1. The van der Waals surface area contributed by atoms with Gasteiger partial charge in [0.25, 0.3) is 0 Å². The van der Waals surface area contributed by atoms with Crippen molar-refractivity contribution in [3.63, 3.8) is 0 Å². The van der Waals surface area contributed by atoms with Crippen molar-refractivity contribution in [3.05, 3.63) is 59.5 Å². The normalized spacial score (nSPS) is 17.5. The number of pyridine rings is 1. The Morgan fingerprint density at radius 1 is 1.05 bits per heavy atom. The highest BCUT2D eigenvalue weighted by Crippen LogP contribution is 2.33. The molecule has 0 fully saturated rings. The van der Waals surface area contributed by atoms with E-state index in [9.17, 15) is 4.79 Å². The molecule has 2 aliphatic rings. The van der Waals surface area contributed by atoms with Gasteiger partial charge in [0.05, 0.1) is 0 Å². The van der Waals surface area contributed by atoms with Crippen LogP contribution in [0.5, 0.6) is 11.5 Å². The minimum absolute atomic E-state index is 0.210. The molecule has 0 saturated heterocycles. The molecule has 1 aromatic carbocycles. The standard InChI is InChI=1S/C16H10N2O4/c19-16-12(18-15(22-16)11-3-5-17-6-4-11)7-10-1-2-13-14(8-10)21-9-20-13/h1-8H,9H2/b12-7+. The summed E-state index contributed by atoms with van der Waals surface area (Å²) >= 11 is 0. The predicted octanol–water partition coefficient (Wildman–Crippen LogP) is 2.15. The number of nitrogens with zero attached hydrogens (tertiary/aromatic N) is 2. The van der Waals surface area contributed by atoms with E-state index in [1.54, 1.807) is 42.7 Å². The average Bonchev–Trinajstić information content (AvgIpc) is 3.15. The lowest BCUT2D eigenvalue weighted by molar-refractivity contribution is -0.129. The number of esters is 1. The van der Waals surface area contributed by atoms with Crippen LogP contribution >= 0.6 is 0 Å². The number of hydrogen-bond donors (Lipinski definition) is 0. The molecule has 0 amide bonds. The van der Waals surface area contributed by atoms with E-state index in [1.807, 2.05) is 6.07 Å². The van der Waals surface area contributed by atoms with Crippen LogP contribution in [0.3, 0.4) is 0 Å². The highest BCUT2D eigenvalue weighted by atomic mass is 16.7. The first-order valence-corrected chi connectivity index (χ1v) is 6.62. The Kier molecular flexibility index (Phi) is 2.86. The van der Waals surface area contributed by atoms with Gasteiger partial charge in [-0.2, -0.15) is 0 Å². The third kappa shape index (κ3) is 2.20. The Balaban J connectivity index is 1.67. The lowest BCUT2D eigenvalue weighted by Gasteiger charge is -1.98. The Hall–Kier alpha value is -3.15. The lowest BCUT2D eigenvalue weighted by atomic mass is 10.1. The summed E-state index contributed by atoms with van der Waals surface area (Å²) in [5.74, 6) is 1.14. The molecule has 0 spiro atoms. The van der Waals surface area contributed by atoms with E-state index < -0.39 is 5.97 Å². The fourth-order valence-corrected chi connectivity index (χ4v) is 2.19. The van der Waals surface area contributed by atoms with Gasteiger partial charge in [0.2, 0.25) is 12.7 Å². The average molecular weight is 294 g/mol. The van der Waals surface area contributed by atoms with Crippen LogP contribution in [0.2, 0.25) is 0 Å². The molecule has 22 heavy (non-hydrogen) atoms. The van der Waals surface area contributed by atoms with Crippen molar-refractivity contribution < 1.29 is 19.0 Å². The van der Waals surface area contributed by atoms with E-state index in [0.29, 0.717) is 17.1 Å². The van der Waals surface area contributed by atoms with Gasteiger partial charge in [-0.1, -0.05) is 6.07 Å². The van der Waals surface area contributed by atoms with Gasteiger partial charge in [0.1, 0.15) is 0 Å². The molecule has 2 aliphatic heterocycles. The van der Waals surface area contributed by atoms with Gasteiger partial charge < -0.3 is 14.2 Å². The largest absolute Gasteiger partial charge is 0.454 e. The number of fused-ring (bicyclic) bond motifs is 1. The van der Waals surface area contributed by atoms with Gasteiger partial charge in [-0.25, -0.2) is 9.79 Å². The maximum Gasteiger partial charge on any atom is 0.363 e. The number of carbonyl (C=O) groups excluding carboxylic acids is 1. The number of aliphatic imine (C=N–C) groups is 1. The molecule has 4 rings (SSSR count). The van der Waals surface area contributed by atoms with E-state index >= 15 is 0 Å². The van der Waals surface area contributed by atoms with Gasteiger partial charge in [0.15, 0.2) is 17.2 Å². The predicted molar refractivity (Wildman–Crippen MR) is 77.4 cm³/mol. The van der Waals surface area contributed by atoms with E-state index in [0.717, 1.165) is 5.56 Å². The second-order valence-corrected chi connectivity index (χ2v) is 4.68. The number of aromatic nitrogens is 1. The molecule has 0 N–H and O–H groups in total. The fraction of sp³-hybridized carbons (Fsp3) is 0.0625. The second-order valence-electron chi connectivity index (χ2n) is 4.68. The minimum atomic E-state index is -0.482. The van der Waals surface area contributed by atoms with Crippen LogP contribution in [-0.2, 0) is 9.53 Å². The second kappa shape index (κ2) is 5.00. The Morgan fingerprint density at radius 2 is 1.86 bits per heavy atom. The number of ether oxygens (including phenoxy) is 3. The fourth-order valence-electron chi connectivity index (χ4n) is 2.19. The van der Waals surface area contributed by atoms with Crippen LogP contribution in [0.25, 0.3) is 6.08 Å². The van der Waals surface area contributed by atoms with Gasteiger partial charge in [-0.15, -0.1) is 0 Å². The molecule has 6 nitrogen and oxygen atoms in total. The van der Waals surface area contributed by atoms with E-state index in [4.69, 9.17) is 14.2 Å². The topological polar surface area (TPSA) is 70.0 Å². The summed E-state index contributed by atoms with van der Waals surface area (Å²) in [6.07, 6.45) is 4.88. The molecule has 0 aliphatic carbocycles. The molecule has 0 radical (unpaired) electrons. The number of hydrogen-bond acceptors (Lipinski definition) is 6. The van der Waals surface area contributed by atoms with Gasteiger partial charge in [0, 0.05) is 18.0 Å². The summed E-state index contributed by atoms with van der Waals surface area (Å²) in [5, 5.41) is 0. The maximum absolute atomic E-state index is 11.9. The Labute approximate surface area is 125 Å². The first-order valence-electron chi connectivity index (χ1n) is 6.62. The molecular weight excluding hydrogens is 284 g/mol.